The molecule has 0 aliphatic carbocycles. The van der Waals surface area contributed by atoms with Crippen LogP contribution in [0.1, 0.15) is 16.5 Å². The molecule has 19 heavy (non-hydrogen) atoms. The molecule has 100 valence electrons. The standard InChI is InChI=1S/C15H13BrClFO/c1-19-12-4-2-3-10(7-12)8-14(17)13-9-11(16)5-6-15(13)18/h2-7,9,14H,8H2,1H3. The molecule has 2 rings (SSSR count). The summed E-state index contributed by atoms with van der Waals surface area (Å²) in [5.41, 5.74) is 1.51. The highest BCUT2D eigenvalue weighted by Gasteiger charge is 2.14. The van der Waals surface area contributed by atoms with Crippen LogP contribution in [0.3, 0.4) is 0 Å². The molecular formula is C15H13BrClFO. The van der Waals surface area contributed by atoms with Gasteiger partial charge in [0.2, 0.25) is 0 Å². The van der Waals surface area contributed by atoms with Crippen molar-refractivity contribution < 1.29 is 9.13 Å². The van der Waals surface area contributed by atoms with Crippen molar-refractivity contribution in [1.29, 1.82) is 0 Å². The van der Waals surface area contributed by atoms with Gasteiger partial charge in [-0.25, -0.2) is 4.39 Å². The summed E-state index contributed by atoms with van der Waals surface area (Å²) >= 11 is 9.64. The number of ether oxygens (including phenoxy) is 1. The first-order valence-electron chi connectivity index (χ1n) is 5.82. The van der Waals surface area contributed by atoms with Gasteiger partial charge in [0.15, 0.2) is 0 Å². The van der Waals surface area contributed by atoms with Gasteiger partial charge in [0.05, 0.1) is 12.5 Å². The number of hydrogen-bond donors (Lipinski definition) is 0. The molecule has 0 aromatic heterocycles. The van der Waals surface area contributed by atoms with Crippen molar-refractivity contribution >= 4 is 27.5 Å². The van der Waals surface area contributed by atoms with Crippen LogP contribution in [0, 0.1) is 5.82 Å². The van der Waals surface area contributed by atoms with Crippen molar-refractivity contribution in [1.82, 2.24) is 0 Å². The van der Waals surface area contributed by atoms with Gasteiger partial charge in [-0.15, -0.1) is 11.6 Å². The van der Waals surface area contributed by atoms with Gasteiger partial charge in [-0.3, -0.25) is 0 Å². The monoisotopic (exact) mass is 342 g/mol. The molecule has 0 radical (unpaired) electrons. The zero-order valence-corrected chi connectivity index (χ0v) is 12.7. The van der Waals surface area contributed by atoms with E-state index >= 15 is 0 Å². The second-order valence-corrected chi connectivity index (χ2v) is 5.63. The van der Waals surface area contributed by atoms with E-state index in [1.807, 2.05) is 24.3 Å². The number of methoxy groups -OCH3 is 1. The van der Waals surface area contributed by atoms with E-state index in [0.29, 0.717) is 12.0 Å². The number of benzene rings is 2. The van der Waals surface area contributed by atoms with E-state index in [1.54, 1.807) is 19.2 Å². The number of hydrogen-bond acceptors (Lipinski definition) is 1. The second-order valence-electron chi connectivity index (χ2n) is 4.19. The zero-order valence-electron chi connectivity index (χ0n) is 10.4. The highest BCUT2D eigenvalue weighted by molar-refractivity contribution is 9.10. The summed E-state index contributed by atoms with van der Waals surface area (Å²) in [5.74, 6) is 0.488. The molecule has 2 aromatic rings. The van der Waals surface area contributed by atoms with Gasteiger partial charge in [0.1, 0.15) is 11.6 Å². The minimum absolute atomic E-state index is 0.286. The Hall–Kier alpha value is -1.06. The minimum atomic E-state index is -0.412. The molecule has 0 aliphatic rings. The number of halogens is 3. The Balaban J connectivity index is 2.20. The zero-order chi connectivity index (χ0) is 13.8. The van der Waals surface area contributed by atoms with Gasteiger partial charge in [0.25, 0.3) is 0 Å². The second kappa shape index (κ2) is 6.40. The lowest BCUT2D eigenvalue weighted by Gasteiger charge is -2.12. The Labute approximate surface area is 125 Å². The largest absolute Gasteiger partial charge is 0.497 e. The third-order valence-corrected chi connectivity index (χ3v) is 3.73. The summed E-state index contributed by atoms with van der Waals surface area (Å²) in [6.45, 7) is 0. The maximum Gasteiger partial charge on any atom is 0.127 e. The Morgan fingerprint density at radius 3 is 2.79 bits per heavy atom. The van der Waals surface area contributed by atoms with Gasteiger partial charge < -0.3 is 4.74 Å². The van der Waals surface area contributed by atoms with Crippen LogP contribution in [0.25, 0.3) is 0 Å². The number of rotatable bonds is 4. The molecule has 1 unspecified atom stereocenters. The maximum atomic E-state index is 13.7. The van der Waals surface area contributed by atoms with E-state index in [2.05, 4.69) is 15.9 Å². The van der Waals surface area contributed by atoms with Crippen molar-refractivity contribution in [3.8, 4) is 5.75 Å². The quantitative estimate of drug-likeness (QED) is 0.700. The molecule has 0 amide bonds. The third-order valence-electron chi connectivity index (χ3n) is 2.84. The molecule has 0 saturated carbocycles. The molecule has 2 aromatic carbocycles. The molecule has 0 aliphatic heterocycles. The third kappa shape index (κ3) is 3.71. The van der Waals surface area contributed by atoms with Crippen LogP contribution in [0.5, 0.6) is 5.75 Å². The van der Waals surface area contributed by atoms with Crippen LogP contribution in [0.4, 0.5) is 4.39 Å². The fourth-order valence-electron chi connectivity index (χ4n) is 1.87. The first-order valence-corrected chi connectivity index (χ1v) is 7.05. The Morgan fingerprint density at radius 2 is 2.05 bits per heavy atom. The van der Waals surface area contributed by atoms with Crippen molar-refractivity contribution in [3.05, 3.63) is 63.9 Å². The first-order chi connectivity index (χ1) is 9.10. The van der Waals surface area contributed by atoms with E-state index in [0.717, 1.165) is 15.8 Å². The van der Waals surface area contributed by atoms with Crippen LogP contribution in [-0.2, 0) is 6.42 Å². The molecule has 0 heterocycles. The SMILES string of the molecule is COc1cccc(CC(Cl)c2cc(Br)ccc2F)c1. The lowest BCUT2D eigenvalue weighted by atomic mass is 10.0. The molecule has 0 bridgehead atoms. The lowest BCUT2D eigenvalue weighted by Crippen LogP contribution is -1.99. The molecule has 4 heteroatoms. The summed E-state index contributed by atoms with van der Waals surface area (Å²) in [5, 5.41) is -0.412. The molecule has 1 nitrogen and oxygen atoms in total. The van der Waals surface area contributed by atoms with Gasteiger partial charge in [-0.05, 0) is 42.3 Å². The Bertz CT molecular complexity index is 574. The smallest absolute Gasteiger partial charge is 0.127 e. The lowest BCUT2D eigenvalue weighted by molar-refractivity contribution is 0.414. The van der Waals surface area contributed by atoms with Crippen LogP contribution >= 0.6 is 27.5 Å². The van der Waals surface area contributed by atoms with Gasteiger partial charge >= 0.3 is 0 Å². The summed E-state index contributed by atoms with van der Waals surface area (Å²) in [4.78, 5) is 0. The van der Waals surface area contributed by atoms with Crippen LogP contribution < -0.4 is 4.74 Å². The van der Waals surface area contributed by atoms with Crippen molar-refractivity contribution in [3.63, 3.8) is 0 Å². The van der Waals surface area contributed by atoms with Gasteiger partial charge in [-0.2, -0.15) is 0 Å². The summed E-state index contributed by atoms with van der Waals surface area (Å²) < 4.78 is 19.7. The van der Waals surface area contributed by atoms with E-state index in [9.17, 15) is 4.39 Å². The van der Waals surface area contributed by atoms with E-state index in [4.69, 9.17) is 16.3 Å². The molecule has 0 saturated heterocycles. The van der Waals surface area contributed by atoms with E-state index in [1.165, 1.54) is 6.07 Å². The highest BCUT2D eigenvalue weighted by atomic mass is 79.9. The summed E-state index contributed by atoms with van der Waals surface area (Å²) in [7, 11) is 1.62. The van der Waals surface area contributed by atoms with E-state index < -0.39 is 5.38 Å². The minimum Gasteiger partial charge on any atom is -0.497 e. The fourth-order valence-corrected chi connectivity index (χ4v) is 2.60. The fraction of sp³-hybridized carbons (Fsp3) is 0.200. The molecular weight excluding hydrogens is 331 g/mol. The Morgan fingerprint density at radius 1 is 1.26 bits per heavy atom. The van der Waals surface area contributed by atoms with Crippen molar-refractivity contribution in [2.45, 2.75) is 11.8 Å². The summed E-state index contributed by atoms with van der Waals surface area (Å²) in [6.07, 6.45) is 0.548. The molecule has 0 spiro atoms. The topological polar surface area (TPSA) is 9.23 Å². The Kier molecular flexibility index (Phi) is 4.83. The average Bonchev–Trinajstić information content (AvgIpc) is 2.41. The predicted molar refractivity (Wildman–Crippen MR) is 79.4 cm³/mol. The maximum absolute atomic E-state index is 13.7. The molecule has 0 fully saturated rings. The van der Waals surface area contributed by atoms with Crippen LogP contribution in [0.15, 0.2) is 46.9 Å². The van der Waals surface area contributed by atoms with Gasteiger partial charge in [0, 0.05) is 10.0 Å². The molecule has 1 atom stereocenters. The normalized spacial score (nSPS) is 12.2. The van der Waals surface area contributed by atoms with Crippen molar-refractivity contribution in [2.24, 2.45) is 0 Å². The predicted octanol–water partition coefficient (Wildman–Crippen LogP) is 5.12. The van der Waals surface area contributed by atoms with Crippen molar-refractivity contribution in [2.75, 3.05) is 7.11 Å². The summed E-state index contributed by atoms with van der Waals surface area (Å²) in [6, 6.07) is 12.4. The first kappa shape index (κ1) is 14.4. The number of alkyl halides is 1. The van der Waals surface area contributed by atoms with Crippen LogP contribution in [0.2, 0.25) is 0 Å². The average molecular weight is 344 g/mol. The van der Waals surface area contributed by atoms with E-state index in [-0.39, 0.29) is 5.82 Å². The highest BCUT2D eigenvalue weighted by Crippen LogP contribution is 2.30. The molecule has 0 N–H and O–H groups in total. The van der Waals surface area contributed by atoms with Gasteiger partial charge in [-0.1, -0.05) is 28.1 Å². The van der Waals surface area contributed by atoms with Crippen LogP contribution in [-0.4, -0.2) is 7.11 Å².